The number of ether oxygens (including phenoxy) is 1. The van der Waals surface area contributed by atoms with Gasteiger partial charge in [-0.05, 0) is 25.8 Å². The summed E-state index contributed by atoms with van der Waals surface area (Å²) in [7, 11) is 0. The number of hydrogen-bond donors (Lipinski definition) is 3. The average Bonchev–Trinajstić information content (AvgIpc) is 3.47. The molecule has 10 heteroatoms. The van der Waals surface area contributed by atoms with Crippen molar-refractivity contribution < 1.29 is 9.13 Å². The number of allylic oxidation sites excluding steroid dienone is 1. The molecule has 0 radical (unpaired) electrons. The van der Waals surface area contributed by atoms with Gasteiger partial charge in [0.1, 0.15) is 29.4 Å². The molecular weight excluding hydrogens is 387 g/mol. The molecule has 0 bridgehead atoms. The highest BCUT2D eigenvalue weighted by Gasteiger charge is 2.41. The van der Waals surface area contributed by atoms with Gasteiger partial charge in [-0.1, -0.05) is 0 Å². The normalized spacial score (nSPS) is 23.3. The molecule has 1 saturated carbocycles. The molecule has 4 rings (SSSR count). The summed E-state index contributed by atoms with van der Waals surface area (Å²) in [6.45, 7) is 3.65. The van der Waals surface area contributed by atoms with Crippen molar-refractivity contribution in [1.82, 2.24) is 9.97 Å². The molecule has 0 spiro atoms. The second kappa shape index (κ2) is 7.94. The number of rotatable bonds is 5. The van der Waals surface area contributed by atoms with E-state index in [2.05, 4.69) is 20.0 Å². The predicted octanol–water partition coefficient (Wildman–Crippen LogP) is 1.46. The van der Waals surface area contributed by atoms with E-state index in [1.807, 2.05) is 11.8 Å². The molecule has 1 aliphatic heterocycles. The molecule has 0 aromatic carbocycles. The Morgan fingerprint density at radius 2 is 2.23 bits per heavy atom. The fourth-order valence-corrected chi connectivity index (χ4v) is 3.38. The third-order valence-corrected chi connectivity index (χ3v) is 5.40. The maximum absolute atomic E-state index is 14.4. The number of nitrogens with zero attached hydrogens (tertiary/aromatic N) is 5. The van der Waals surface area contributed by atoms with Crippen LogP contribution >= 0.6 is 0 Å². The minimum atomic E-state index is -0.636. The lowest BCUT2D eigenvalue weighted by Gasteiger charge is -2.27. The molecule has 158 valence electrons. The third kappa shape index (κ3) is 4.23. The smallest absolute Gasteiger partial charge is 0.152 e. The van der Waals surface area contributed by atoms with Gasteiger partial charge < -0.3 is 21.1 Å². The van der Waals surface area contributed by atoms with Crippen molar-refractivity contribution in [2.45, 2.75) is 37.8 Å². The number of amidine groups is 1. The molecule has 1 aromatic heterocycles. The van der Waals surface area contributed by atoms with Gasteiger partial charge in [-0.2, -0.15) is 0 Å². The molecule has 0 amide bonds. The van der Waals surface area contributed by atoms with Crippen LogP contribution < -0.4 is 16.4 Å². The molecule has 2 aliphatic carbocycles. The number of hydrogen-bond acceptors (Lipinski definition) is 8. The van der Waals surface area contributed by atoms with Gasteiger partial charge in [0.2, 0.25) is 0 Å². The lowest BCUT2D eigenvalue weighted by molar-refractivity contribution is 0.110. The maximum atomic E-state index is 14.4. The van der Waals surface area contributed by atoms with Crippen LogP contribution in [-0.2, 0) is 4.74 Å². The second-order valence-corrected chi connectivity index (χ2v) is 7.87. The van der Waals surface area contributed by atoms with Crippen molar-refractivity contribution in [2.75, 3.05) is 24.5 Å². The van der Waals surface area contributed by atoms with E-state index in [1.54, 1.807) is 12.1 Å². The zero-order valence-corrected chi connectivity index (χ0v) is 16.8. The van der Waals surface area contributed by atoms with Crippen LogP contribution in [0.3, 0.4) is 0 Å². The molecule has 3 aliphatic rings. The van der Waals surface area contributed by atoms with Gasteiger partial charge in [0.05, 0.1) is 30.8 Å². The van der Waals surface area contributed by atoms with Crippen molar-refractivity contribution >= 4 is 23.7 Å². The number of aromatic nitrogens is 2. The van der Waals surface area contributed by atoms with E-state index in [9.17, 15) is 4.39 Å². The molecule has 30 heavy (non-hydrogen) atoms. The molecule has 9 nitrogen and oxygen atoms in total. The fraction of sp³-hybridized carbons (Fsp3) is 0.450. The Morgan fingerprint density at radius 3 is 2.97 bits per heavy atom. The Labute approximate surface area is 174 Å². The predicted molar refractivity (Wildman–Crippen MR) is 114 cm³/mol. The maximum Gasteiger partial charge on any atom is 0.152 e. The SMILES string of the molecule is CC1(OC2=C(F)CC(N)C(C(=N)c3cc(N4CCN=C(N=CN)C4)ncn3)=C2)CC1. The van der Waals surface area contributed by atoms with Gasteiger partial charge in [0.25, 0.3) is 0 Å². The molecule has 2 heterocycles. The van der Waals surface area contributed by atoms with Gasteiger partial charge in [0, 0.05) is 30.6 Å². The van der Waals surface area contributed by atoms with Crippen LogP contribution in [0, 0.1) is 5.41 Å². The highest BCUT2D eigenvalue weighted by Crippen LogP contribution is 2.42. The zero-order valence-electron chi connectivity index (χ0n) is 16.8. The van der Waals surface area contributed by atoms with Crippen LogP contribution in [0.1, 0.15) is 31.9 Å². The Balaban J connectivity index is 1.57. The highest BCUT2D eigenvalue weighted by atomic mass is 19.1. The summed E-state index contributed by atoms with van der Waals surface area (Å²) in [5, 5.41) is 8.65. The van der Waals surface area contributed by atoms with Crippen LogP contribution in [0.15, 0.2) is 45.6 Å². The van der Waals surface area contributed by atoms with E-state index in [0.29, 0.717) is 42.6 Å². The van der Waals surface area contributed by atoms with E-state index in [1.165, 1.54) is 12.7 Å². The van der Waals surface area contributed by atoms with Crippen LogP contribution in [0.2, 0.25) is 0 Å². The quantitative estimate of drug-likeness (QED) is 0.494. The molecule has 5 N–H and O–H groups in total. The minimum absolute atomic E-state index is 0.000605. The van der Waals surface area contributed by atoms with E-state index >= 15 is 0 Å². The first-order valence-corrected chi connectivity index (χ1v) is 9.87. The van der Waals surface area contributed by atoms with Crippen LogP contribution in [0.25, 0.3) is 0 Å². The molecule has 1 aromatic rings. The summed E-state index contributed by atoms with van der Waals surface area (Å²) in [5.41, 5.74) is 12.2. The summed E-state index contributed by atoms with van der Waals surface area (Å²) < 4.78 is 20.2. The standard InChI is InChI=1S/C20H25FN8O/c1-20(2-3-20)30-16-6-12(14(23)7-13(16)21)19(24)15-8-18(28-11-27-15)29-5-4-25-17(9-29)26-10-22/h6,8,10-11,14,24H,2-5,7,9,23H2,1H3,(H2,22,25,26). The Hall–Kier alpha value is -3.14. The second-order valence-electron chi connectivity index (χ2n) is 7.87. The average molecular weight is 412 g/mol. The summed E-state index contributed by atoms with van der Waals surface area (Å²) in [4.78, 5) is 18.9. The summed E-state index contributed by atoms with van der Waals surface area (Å²) >= 11 is 0. The first-order valence-electron chi connectivity index (χ1n) is 9.87. The number of nitrogens with one attached hydrogen (secondary N) is 1. The zero-order chi connectivity index (χ0) is 21.3. The number of anilines is 1. The molecular formula is C20H25FN8O. The van der Waals surface area contributed by atoms with Crippen molar-refractivity contribution in [1.29, 1.82) is 5.41 Å². The van der Waals surface area contributed by atoms with Crippen molar-refractivity contribution in [2.24, 2.45) is 21.5 Å². The topological polar surface area (TPSA) is 139 Å². The van der Waals surface area contributed by atoms with Crippen molar-refractivity contribution in [3.63, 3.8) is 0 Å². The van der Waals surface area contributed by atoms with Gasteiger partial charge in [-0.3, -0.25) is 10.4 Å². The van der Waals surface area contributed by atoms with E-state index in [0.717, 1.165) is 12.8 Å². The van der Waals surface area contributed by atoms with Gasteiger partial charge >= 0.3 is 0 Å². The Kier molecular flexibility index (Phi) is 5.33. The number of nitrogens with two attached hydrogens (primary N) is 2. The summed E-state index contributed by atoms with van der Waals surface area (Å²) in [6, 6.07) is 1.09. The molecule has 1 unspecified atom stereocenters. The lowest BCUT2D eigenvalue weighted by Crippen LogP contribution is -2.36. The van der Waals surface area contributed by atoms with E-state index in [-0.39, 0.29) is 29.3 Å². The largest absolute Gasteiger partial charge is 0.485 e. The number of aliphatic imine (C=N–C) groups is 2. The monoisotopic (exact) mass is 412 g/mol. The van der Waals surface area contributed by atoms with Crippen LogP contribution in [-0.4, -0.2) is 59.1 Å². The van der Waals surface area contributed by atoms with Gasteiger partial charge in [-0.15, -0.1) is 0 Å². The first kappa shape index (κ1) is 20.1. The molecule has 1 fully saturated rings. The molecule has 1 atom stereocenters. The molecule has 0 saturated heterocycles. The van der Waals surface area contributed by atoms with Gasteiger partial charge in [-0.25, -0.2) is 19.4 Å². The van der Waals surface area contributed by atoms with Crippen molar-refractivity contribution in [3.8, 4) is 0 Å². The van der Waals surface area contributed by atoms with Crippen LogP contribution in [0.5, 0.6) is 0 Å². The van der Waals surface area contributed by atoms with E-state index in [4.69, 9.17) is 21.6 Å². The first-order chi connectivity index (χ1) is 14.4. The summed E-state index contributed by atoms with van der Waals surface area (Å²) in [5.74, 6) is 1.06. The van der Waals surface area contributed by atoms with Crippen LogP contribution in [0.4, 0.5) is 10.2 Å². The van der Waals surface area contributed by atoms with E-state index < -0.39 is 6.04 Å². The third-order valence-electron chi connectivity index (χ3n) is 5.40. The fourth-order valence-electron chi connectivity index (χ4n) is 3.38. The minimum Gasteiger partial charge on any atom is -0.485 e. The lowest BCUT2D eigenvalue weighted by atomic mass is 9.92. The van der Waals surface area contributed by atoms with Crippen molar-refractivity contribution in [3.05, 3.63) is 41.3 Å². The number of halogens is 1. The Morgan fingerprint density at radius 1 is 1.43 bits per heavy atom. The highest BCUT2D eigenvalue weighted by molar-refractivity contribution is 6.10. The van der Waals surface area contributed by atoms with Gasteiger partial charge in [0.15, 0.2) is 5.76 Å². The summed E-state index contributed by atoms with van der Waals surface area (Å²) in [6.07, 6.45) is 5.95. The Bertz CT molecular complexity index is 979.